The number of hydrogen-bond donors (Lipinski definition) is 1. The summed E-state index contributed by atoms with van der Waals surface area (Å²) in [4.78, 5) is 38.0. The molecular formula is C29H30O8. The van der Waals surface area contributed by atoms with Crippen LogP contribution in [0.4, 0.5) is 0 Å². The maximum atomic E-state index is 13.3. The van der Waals surface area contributed by atoms with Crippen molar-refractivity contribution in [2.24, 2.45) is 0 Å². The summed E-state index contributed by atoms with van der Waals surface area (Å²) in [5.41, 5.74) is 1.53. The Hall–Kier alpha value is -3.81. The molecule has 0 spiro atoms. The number of rotatable bonds is 1. The first-order chi connectivity index (χ1) is 17.9. The van der Waals surface area contributed by atoms with Crippen LogP contribution in [-0.2, 0) is 14.3 Å². The van der Waals surface area contributed by atoms with E-state index in [1.54, 1.807) is 31.2 Å². The van der Waals surface area contributed by atoms with Crippen molar-refractivity contribution >= 4 is 23.8 Å². The highest BCUT2D eigenvalue weighted by molar-refractivity contribution is 5.98. The van der Waals surface area contributed by atoms with E-state index in [0.717, 1.165) is 5.56 Å². The van der Waals surface area contributed by atoms with Crippen LogP contribution in [0.25, 0.3) is 6.08 Å². The van der Waals surface area contributed by atoms with Gasteiger partial charge in [-0.25, -0.2) is 4.79 Å². The lowest BCUT2D eigenvalue weighted by Gasteiger charge is -2.28. The summed E-state index contributed by atoms with van der Waals surface area (Å²) in [5, 5.41) is 11.5. The molecular weight excluding hydrogens is 476 g/mol. The molecule has 2 aromatic carbocycles. The molecule has 0 aliphatic carbocycles. The third-order valence-electron chi connectivity index (χ3n) is 6.95. The number of phenolic OH excluding ortho intramolecular Hbond substituents is 1. The van der Waals surface area contributed by atoms with Crippen LogP contribution in [0.3, 0.4) is 0 Å². The van der Waals surface area contributed by atoms with Crippen molar-refractivity contribution in [2.45, 2.75) is 63.9 Å². The van der Waals surface area contributed by atoms with Crippen molar-refractivity contribution < 1.29 is 38.4 Å². The Labute approximate surface area is 215 Å². The minimum Gasteiger partial charge on any atom is -0.507 e. The molecule has 2 unspecified atom stereocenters. The molecule has 0 saturated heterocycles. The normalized spacial score (nSPS) is 22.2. The lowest BCUT2D eigenvalue weighted by atomic mass is 9.83. The summed E-state index contributed by atoms with van der Waals surface area (Å²) < 4.78 is 22.5. The van der Waals surface area contributed by atoms with E-state index in [2.05, 4.69) is 0 Å². The zero-order chi connectivity index (χ0) is 25.9. The third-order valence-corrected chi connectivity index (χ3v) is 6.95. The zero-order valence-electron chi connectivity index (χ0n) is 20.8. The van der Waals surface area contributed by atoms with E-state index in [-0.39, 0.29) is 29.3 Å². The van der Waals surface area contributed by atoms with Crippen LogP contribution in [0.15, 0.2) is 30.3 Å². The lowest BCUT2D eigenvalue weighted by molar-refractivity contribution is -0.135. The van der Waals surface area contributed by atoms with Crippen molar-refractivity contribution in [2.75, 3.05) is 13.2 Å². The number of aromatic hydroxyl groups is 1. The fraction of sp³-hybridized carbons (Fsp3) is 0.414. The van der Waals surface area contributed by atoms with Gasteiger partial charge in [0.1, 0.15) is 36.1 Å². The predicted octanol–water partition coefficient (Wildman–Crippen LogP) is 5.09. The molecule has 1 N–H and O–H groups in total. The zero-order valence-corrected chi connectivity index (χ0v) is 20.8. The fourth-order valence-corrected chi connectivity index (χ4v) is 5.08. The van der Waals surface area contributed by atoms with Crippen LogP contribution in [0.1, 0.15) is 84.8 Å². The van der Waals surface area contributed by atoms with Crippen molar-refractivity contribution in [3.63, 3.8) is 0 Å². The molecule has 3 heterocycles. The van der Waals surface area contributed by atoms with Gasteiger partial charge < -0.3 is 24.1 Å². The number of Topliss-reactive ketones (excluding diaryl/α,β-unsaturated/α-hetero) is 1. The number of benzene rings is 2. The van der Waals surface area contributed by atoms with Crippen LogP contribution in [-0.4, -0.2) is 42.1 Å². The van der Waals surface area contributed by atoms with Gasteiger partial charge in [0.2, 0.25) is 0 Å². The van der Waals surface area contributed by atoms with Gasteiger partial charge in [0.05, 0.1) is 12.5 Å². The standard InChI is InChI=1S/C29H30O8/c1-17-6-5-9-20(30)8-4-2-3-7-19-15-24-27(28(32)26(19)29(33)36-17)21(16-25(31)37-24)18-10-11-22-23(14-18)35-13-12-34-22/h3,7,10-11,14-15,17,21,32H,2,4-6,8-9,12-13,16H2,1H3. The van der Waals surface area contributed by atoms with Gasteiger partial charge in [-0.2, -0.15) is 0 Å². The van der Waals surface area contributed by atoms with Gasteiger partial charge in [-0.15, -0.1) is 0 Å². The number of allylic oxidation sites excluding steroid dienone is 1. The summed E-state index contributed by atoms with van der Waals surface area (Å²) in [6, 6.07) is 7.01. The molecule has 3 aliphatic rings. The molecule has 8 nitrogen and oxygen atoms in total. The smallest absolute Gasteiger partial charge is 0.342 e. The first-order valence-electron chi connectivity index (χ1n) is 12.8. The molecule has 0 amide bonds. The maximum Gasteiger partial charge on any atom is 0.342 e. The van der Waals surface area contributed by atoms with Crippen molar-refractivity contribution in [1.29, 1.82) is 0 Å². The summed E-state index contributed by atoms with van der Waals surface area (Å²) >= 11 is 0. The Balaban J connectivity index is 1.58. The second-order valence-corrected chi connectivity index (χ2v) is 9.68. The number of hydrogen-bond acceptors (Lipinski definition) is 8. The molecule has 2 atom stereocenters. The minimum atomic E-state index is -0.659. The van der Waals surface area contributed by atoms with E-state index in [9.17, 15) is 19.5 Å². The quantitative estimate of drug-likeness (QED) is 0.421. The molecule has 0 radical (unpaired) electrons. The Morgan fingerprint density at radius 2 is 1.73 bits per heavy atom. The maximum absolute atomic E-state index is 13.3. The number of cyclic esters (lactones) is 1. The van der Waals surface area contributed by atoms with Gasteiger partial charge in [0, 0.05) is 24.3 Å². The van der Waals surface area contributed by atoms with Crippen molar-refractivity contribution in [1.82, 2.24) is 0 Å². The molecule has 0 bridgehead atoms. The van der Waals surface area contributed by atoms with Crippen molar-refractivity contribution in [3.05, 3.63) is 52.6 Å². The molecule has 3 aliphatic heterocycles. The Morgan fingerprint density at radius 3 is 2.57 bits per heavy atom. The highest BCUT2D eigenvalue weighted by Gasteiger charge is 2.36. The summed E-state index contributed by atoms with van der Waals surface area (Å²) in [5.74, 6) is -0.319. The molecule has 8 heteroatoms. The number of carbonyl (C=O) groups excluding carboxylic acids is 3. The Bertz CT molecular complexity index is 1260. The number of phenols is 1. The largest absolute Gasteiger partial charge is 0.507 e. The number of ether oxygens (including phenoxy) is 4. The van der Waals surface area contributed by atoms with E-state index < -0.39 is 24.0 Å². The summed E-state index contributed by atoms with van der Waals surface area (Å²) in [7, 11) is 0. The third kappa shape index (κ3) is 5.33. The highest BCUT2D eigenvalue weighted by atomic mass is 16.6. The van der Waals surface area contributed by atoms with Gasteiger partial charge in [0.25, 0.3) is 0 Å². The van der Waals surface area contributed by atoms with E-state index in [1.807, 2.05) is 12.1 Å². The summed E-state index contributed by atoms with van der Waals surface area (Å²) in [6.45, 7) is 2.66. The highest BCUT2D eigenvalue weighted by Crippen LogP contribution is 2.48. The first kappa shape index (κ1) is 24.9. The second-order valence-electron chi connectivity index (χ2n) is 9.68. The SMILES string of the molecule is CC1CCCC(=O)CCCC=Cc2cc3c(c(O)c2C(=O)O1)C(c1ccc2c(c1)OCCO2)CC(=O)O3. The predicted molar refractivity (Wildman–Crippen MR) is 134 cm³/mol. The topological polar surface area (TPSA) is 108 Å². The van der Waals surface area contributed by atoms with Gasteiger partial charge in [-0.05, 0) is 61.9 Å². The molecule has 0 saturated carbocycles. The van der Waals surface area contributed by atoms with E-state index in [4.69, 9.17) is 18.9 Å². The number of fused-ring (bicyclic) bond motifs is 3. The van der Waals surface area contributed by atoms with Gasteiger partial charge in [-0.1, -0.05) is 18.2 Å². The van der Waals surface area contributed by atoms with Crippen LogP contribution < -0.4 is 14.2 Å². The number of esters is 2. The van der Waals surface area contributed by atoms with E-state index in [1.165, 1.54) is 0 Å². The van der Waals surface area contributed by atoms with E-state index >= 15 is 0 Å². The van der Waals surface area contributed by atoms with Gasteiger partial charge >= 0.3 is 11.9 Å². The van der Waals surface area contributed by atoms with E-state index in [0.29, 0.717) is 74.4 Å². The summed E-state index contributed by atoms with van der Waals surface area (Å²) in [6.07, 6.45) is 6.59. The Kier molecular flexibility index (Phi) is 7.17. The van der Waals surface area contributed by atoms with Gasteiger partial charge in [-0.3, -0.25) is 9.59 Å². The van der Waals surface area contributed by atoms with Crippen LogP contribution in [0.5, 0.6) is 23.0 Å². The average molecular weight is 507 g/mol. The number of carbonyl (C=O) groups is 3. The fourth-order valence-electron chi connectivity index (χ4n) is 5.08. The van der Waals surface area contributed by atoms with Crippen LogP contribution in [0.2, 0.25) is 0 Å². The van der Waals surface area contributed by atoms with Crippen LogP contribution in [0, 0.1) is 0 Å². The average Bonchev–Trinajstić information content (AvgIpc) is 2.87. The Morgan fingerprint density at radius 1 is 0.946 bits per heavy atom. The first-order valence-corrected chi connectivity index (χ1v) is 12.8. The molecule has 0 aromatic heterocycles. The molecule has 37 heavy (non-hydrogen) atoms. The molecule has 194 valence electrons. The lowest BCUT2D eigenvalue weighted by Crippen LogP contribution is -2.23. The molecule has 0 fully saturated rings. The van der Waals surface area contributed by atoms with Gasteiger partial charge in [0.15, 0.2) is 11.5 Å². The monoisotopic (exact) mass is 506 g/mol. The van der Waals surface area contributed by atoms with Crippen molar-refractivity contribution in [3.8, 4) is 23.0 Å². The minimum absolute atomic E-state index is 0.00565. The molecule has 5 rings (SSSR count). The number of ketones is 1. The second kappa shape index (κ2) is 10.7. The van der Waals surface area contributed by atoms with Crippen LogP contribution >= 0.6 is 0 Å². The molecule has 2 aromatic rings.